The van der Waals surface area contributed by atoms with Crippen LogP contribution in [0.1, 0.15) is 19.3 Å². The van der Waals surface area contributed by atoms with Gasteiger partial charge in [0, 0.05) is 11.6 Å². The summed E-state index contributed by atoms with van der Waals surface area (Å²) in [4.78, 5) is 2.48. The third-order valence-corrected chi connectivity index (χ3v) is 4.02. The van der Waals surface area contributed by atoms with E-state index in [1.165, 1.54) is 32.4 Å². The highest BCUT2D eigenvalue weighted by atomic mass is 35.5. The van der Waals surface area contributed by atoms with Crippen molar-refractivity contribution >= 4 is 11.6 Å². The summed E-state index contributed by atoms with van der Waals surface area (Å²) in [7, 11) is 0. The van der Waals surface area contributed by atoms with Crippen LogP contribution in [-0.4, -0.2) is 37.7 Å². The van der Waals surface area contributed by atoms with Gasteiger partial charge in [0.1, 0.15) is 12.4 Å². The molecule has 0 amide bonds. The summed E-state index contributed by atoms with van der Waals surface area (Å²) in [6.07, 6.45) is 3.73. The number of nitrogens with zero attached hydrogens (tertiary/aromatic N) is 1. The summed E-state index contributed by atoms with van der Waals surface area (Å²) >= 11 is 5.83. The standard InChI is InChI=1S/C15H23ClN2O/c16-14-1-3-15(4-2-14)19-12-11-18-9-6-13(5-8-17)7-10-18/h1-4,13H,5-12,17H2. The van der Waals surface area contributed by atoms with E-state index in [-0.39, 0.29) is 0 Å². The maximum Gasteiger partial charge on any atom is 0.119 e. The third-order valence-electron chi connectivity index (χ3n) is 3.77. The van der Waals surface area contributed by atoms with E-state index < -0.39 is 0 Å². The molecule has 4 heteroatoms. The Balaban J connectivity index is 1.63. The van der Waals surface area contributed by atoms with Crippen LogP contribution < -0.4 is 10.5 Å². The molecule has 1 heterocycles. The first-order valence-corrected chi connectivity index (χ1v) is 7.46. The van der Waals surface area contributed by atoms with Crippen LogP contribution in [0.15, 0.2) is 24.3 Å². The van der Waals surface area contributed by atoms with Crippen molar-refractivity contribution < 1.29 is 4.74 Å². The van der Waals surface area contributed by atoms with Gasteiger partial charge in [-0.3, -0.25) is 4.90 Å². The molecular weight excluding hydrogens is 260 g/mol. The zero-order valence-electron chi connectivity index (χ0n) is 11.4. The molecule has 0 aliphatic carbocycles. The molecule has 1 aromatic rings. The third kappa shape index (κ3) is 5.01. The predicted molar refractivity (Wildman–Crippen MR) is 79.8 cm³/mol. The van der Waals surface area contributed by atoms with E-state index in [1.807, 2.05) is 24.3 Å². The topological polar surface area (TPSA) is 38.5 Å². The van der Waals surface area contributed by atoms with Crippen molar-refractivity contribution in [1.82, 2.24) is 4.90 Å². The van der Waals surface area contributed by atoms with Crippen LogP contribution in [0, 0.1) is 5.92 Å². The van der Waals surface area contributed by atoms with Gasteiger partial charge in [0.05, 0.1) is 0 Å². The average Bonchev–Trinajstić information content (AvgIpc) is 2.43. The Morgan fingerprint density at radius 1 is 1.21 bits per heavy atom. The molecular formula is C15H23ClN2O. The quantitative estimate of drug-likeness (QED) is 0.872. The average molecular weight is 283 g/mol. The predicted octanol–water partition coefficient (Wildman–Crippen LogP) is 2.78. The van der Waals surface area contributed by atoms with Crippen molar-refractivity contribution in [2.75, 3.05) is 32.8 Å². The Bertz CT molecular complexity index is 361. The maximum atomic E-state index is 5.83. The molecule has 0 atom stereocenters. The molecule has 0 spiro atoms. The number of benzene rings is 1. The van der Waals surface area contributed by atoms with Gasteiger partial charge in [0.15, 0.2) is 0 Å². The van der Waals surface area contributed by atoms with Crippen LogP contribution in [0.2, 0.25) is 5.02 Å². The lowest BCUT2D eigenvalue weighted by atomic mass is 9.94. The highest BCUT2D eigenvalue weighted by Gasteiger charge is 2.18. The second-order valence-corrected chi connectivity index (χ2v) is 5.60. The first-order chi connectivity index (χ1) is 9.28. The molecule has 1 fully saturated rings. The highest BCUT2D eigenvalue weighted by Crippen LogP contribution is 2.20. The molecule has 1 aliphatic rings. The van der Waals surface area contributed by atoms with Gasteiger partial charge in [-0.05, 0) is 69.1 Å². The number of piperidine rings is 1. The van der Waals surface area contributed by atoms with Crippen molar-refractivity contribution in [3.8, 4) is 5.75 Å². The fourth-order valence-corrected chi connectivity index (χ4v) is 2.68. The van der Waals surface area contributed by atoms with Crippen LogP contribution >= 0.6 is 11.6 Å². The van der Waals surface area contributed by atoms with Gasteiger partial charge in [0.25, 0.3) is 0 Å². The van der Waals surface area contributed by atoms with E-state index >= 15 is 0 Å². The minimum absolute atomic E-state index is 0.739. The minimum atomic E-state index is 0.739. The summed E-state index contributed by atoms with van der Waals surface area (Å²) in [6, 6.07) is 7.54. The largest absolute Gasteiger partial charge is 0.492 e. The summed E-state index contributed by atoms with van der Waals surface area (Å²) in [6.45, 7) is 4.91. The lowest BCUT2D eigenvalue weighted by molar-refractivity contribution is 0.152. The van der Waals surface area contributed by atoms with E-state index in [1.54, 1.807) is 0 Å². The Kier molecular flexibility index (Phi) is 5.95. The van der Waals surface area contributed by atoms with Crippen molar-refractivity contribution in [2.45, 2.75) is 19.3 Å². The Labute approximate surface area is 120 Å². The number of likely N-dealkylation sites (tertiary alicyclic amines) is 1. The van der Waals surface area contributed by atoms with Crippen molar-refractivity contribution in [3.05, 3.63) is 29.3 Å². The number of halogens is 1. The summed E-state index contributed by atoms with van der Waals surface area (Å²) < 4.78 is 5.72. The lowest BCUT2D eigenvalue weighted by Crippen LogP contribution is -2.36. The molecule has 0 bridgehead atoms. The second-order valence-electron chi connectivity index (χ2n) is 5.16. The van der Waals surface area contributed by atoms with Crippen LogP contribution in [0.5, 0.6) is 5.75 Å². The van der Waals surface area contributed by atoms with Crippen molar-refractivity contribution in [1.29, 1.82) is 0 Å². The normalized spacial score (nSPS) is 17.6. The molecule has 1 aliphatic heterocycles. The van der Waals surface area contributed by atoms with Gasteiger partial charge in [0.2, 0.25) is 0 Å². The van der Waals surface area contributed by atoms with Gasteiger partial charge >= 0.3 is 0 Å². The zero-order valence-corrected chi connectivity index (χ0v) is 12.1. The number of hydrogen-bond acceptors (Lipinski definition) is 3. The number of ether oxygens (including phenoxy) is 1. The van der Waals surface area contributed by atoms with Crippen molar-refractivity contribution in [2.24, 2.45) is 11.7 Å². The van der Waals surface area contributed by atoms with Crippen molar-refractivity contribution in [3.63, 3.8) is 0 Å². The molecule has 2 rings (SSSR count). The Morgan fingerprint density at radius 3 is 2.53 bits per heavy atom. The molecule has 1 aromatic carbocycles. The molecule has 0 unspecified atom stereocenters. The Hall–Kier alpha value is -0.770. The molecule has 3 nitrogen and oxygen atoms in total. The van der Waals surface area contributed by atoms with Gasteiger partial charge < -0.3 is 10.5 Å². The van der Waals surface area contributed by atoms with Crippen LogP contribution in [0.4, 0.5) is 0 Å². The molecule has 106 valence electrons. The lowest BCUT2D eigenvalue weighted by Gasteiger charge is -2.31. The first-order valence-electron chi connectivity index (χ1n) is 7.08. The zero-order chi connectivity index (χ0) is 13.5. The summed E-state index contributed by atoms with van der Waals surface area (Å²) in [5, 5.41) is 0.745. The number of nitrogens with two attached hydrogens (primary N) is 1. The monoisotopic (exact) mass is 282 g/mol. The molecule has 1 saturated heterocycles. The fourth-order valence-electron chi connectivity index (χ4n) is 2.56. The van der Waals surface area contributed by atoms with Crippen LogP contribution in [0.3, 0.4) is 0 Å². The van der Waals surface area contributed by atoms with E-state index in [0.717, 1.165) is 36.4 Å². The van der Waals surface area contributed by atoms with Gasteiger partial charge in [-0.1, -0.05) is 11.6 Å². The number of hydrogen-bond donors (Lipinski definition) is 1. The van der Waals surface area contributed by atoms with E-state index in [2.05, 4.69) is 4.90 Å². The van der Waals surface area contributed by atoms with Gasteiger partial charge in [-0.15, -0.1) is 0 Å². The van der Waals surface area contributed by atoms with Gasteiger partial charge in [-0.25, -0.2) is 0 Å². The van der Waals surface area contributed by atoms with Crippen LogP contribution in [-0.2, 0) is 0 Å². The highest BCUT2D eigenvalue weighted by molar-refractivity contribution is 6.30. The Morgan fingerprint density at radius 2 is 1.89 bits per heavy atom. The van der Waals surface area contributed by atoms with Crippen LogP contribution in [0.25, 0.3) is 0 Å². The second kappa shape index (κ2) is 7.73. The molecule has 2 N–H and O–H groups in total. The smallest absolute Gasteiger partial charge is 0.119 e. The number of rotatable bonds is 6. The molecule has 0 radical (unpaired) electrons. The van der Waals surface area contributed by atoms with E-state index in [0.29, 0.717) is 0 Å². The molecule has 0 saturated carbocycles. The minimum Gasteiger partial charge on any atom is -0.492 e. The first kappa shape index (κ1) is 14.6. The molecule has 0 aromatic heterocycles. The van der Waals surface area contributed by atoms with Gasteiger partial charge in [-0.2, -0.15) is 0 Å². The summed E-state index contributed by atoms with van der Waals surface area (Å²) in [5.74, 6) is 1.72. The summed E-state index contributed by atoms with van der Waals surface area (Å²) in [5.41, 5.74) is 5.61. The SMILES string of the molecule is NCCC1CCN(CCOc2ccc(Cl)cc2)CC1. The van der Waals surface area contributed by atoms with E-state index in [9.17, 15) is 0 Å². The maximum absolute atomic E-state index is 5.83. The molecule has 19 heavy (non-hydrogen) atoms. The van der Waals surface area contributed by atoms with E-state index in [4.69, 9.17) is 22.1 Å². The fraction of sp³-hybridized carbons (Fsp3) is 0.600.